The van der Waals surface area contributed by atoms with Crippen molar-refractivity contribution in [3.63, 3.8) is 0 Å². The summed E-state index contributed by atoms with van der Waals surface area (Å²) in [4.78, 5) is 0. The number of aliphatic hydroxyl groups excluding tert-OH is 2. The Morgan fingerprint density at radius 2 is 1.79 bits per heavy atom. The maximum Gasteiger partial charge on any atom is 0.0488 e. The number of hydrogen-bond acceptors (Lipinski definition) is 2. The highest BCUT2D eigenvalue weighted by atomic mass is 16.3. The molecule has 0 spiro atoms. The van der Waals surface area contributed by atoms with E-state index >= 15 is 0 Å². The van der Waals surface area contributed by atoms with Crippen LogP contribution in [0.5, 0.6) is 0 Å². The van der Waals surface area contributed by atoms with Gasteiger partial charge in [-0.3, -0.25) is 0 Å². The quantitative estimate of drug-likeness (QED) is 0.839. The van der Waals surface area contributed by atoms with Gasteiger partial charge in [0.05, 0.1) is 0 Å². The highest BCUT2D eigenvalue weighted by Crippen LogP contribution is 2.27. The van der Waals surface area contributed by atoms with Crippen LogP contribution in [-0.2, 0) is 13.0 Å². The van der Waals surface area contributed by atoms with E-state index in [1.54, 1.807) is 0 Å². The number of fused-ring (bicyclic) bond motifs is 1. The molecule has 1 aromatic heterocycles. The Bertz CT molecular complexity index is 557. The Balaban J connectivity index is 2.49. The summed E-state index contributed by atoms with van der Waals surface area (Å²) in [5.41, 5.74) is 5.12. The molecule has 0 atom stereocenters. The Morgan fingerprint density at radius 3 is 2.47 bits per heavy atom. The van der Waals surface area contributed by atoms with Crippen LogP contribution in [-0.4, -0.2) is 28.0 Å². The van der Waals surface area contributed by atoms with Crippen LogP contribution >= 0.6 is 0 Å². The molecule has 3 nitrogen and oxygen atoms in total. The maximum atomic E-state index is 9.02. The zero-order valence-electron chi connectivity index (χ0n) is 11.8. The summed E-state index contributed by atoms with van der Waals surface area (Å²) in [5, 5.41) is 19.3. The minimum atomic E-state index is 0.219. The van der Waals surface area contributed by atoms with Crippen molar-refractivity contribution in [1.82, 2.24) is 4.57 Å². The monoisotopic (exact) mass is 261 g/mol. The molecule has 2 N–H and O–H groups in total. The first-order valence-electron chi connectivity index (χ1n) is 6.98. The molecule has 19 heavy (non-hydrogen) atoms. The molecule has 1 aromatic carbocycles. The third-order valence-electron chi connectivity index (χ3n) is 3.56. The normalized spacial score (nSPS) is 11.4. The van der Waals surface area contributed by atoms with E-state index in [4.69, 9.17) is 10.2 Å². The van der Waals surface area contributed by atoms with Crippen LogP contribution in [0.3, 0.4) is 0 Å². The lowest BCUT2D eigenvalue weighted by Gasteiger charge is -2.06. The first-order valence-corrected chi connectivity index (χ1v) is 6.98. The summed E-state index contributed by atoms with van der Waals surface area (Å²) in [6.45, 7) is 5.55. The summed E-state index contributed by atoms with van der Waals surface area (Å²) in [6, 6.07) is 4.42. The molecule has 3 heteroatoms. The highest BCUT2D eigenvalue weighted by molar-refractivity contribution is 5.88. The van der Waals surface area contributed by atoms with Crippen molar-refractivity contribution in [3.8, 4) is 0 Å². The van der Waals surface area contributed by atoms with Crippen molar-refractivity contribution < 1.29 is 10.2 Å². The molecule has 0 aliphatic carbocycles. The second-order valence-corrected chi connectivity index (χ2v) is 5.23. The number of hydrogen-bond donors (Lipinski definition) is 2. The van der Waals surface area contributed by atoms with E-state index < -0.39 is 0 Å². The lowest BCUT2D eigenvalue weighted by molar-refractivity contribution is 0.280. The van der Waals surface area contributed by atoms with Crippen molar-refractivity contribution in [2.24, 2.45) is 0 Å². The maximum absolute atomic E-state index is 9.02. The standard InChI is InChI=1S/C16H23NO2/c1-12-9-13(2)16-14(5-3-7-18)11-17(6-4-8-19)15(16)10-12/h9-11,18-19H,3-8H2,1-2H3. The van der Waals surface area contributed by atoms with Crippen molar-refractivity contribution >= 4 is 10.9 Å². The van der Waals surface area contributed by atoms with E-state index in [1.165, 1.54) is 27.6 Å². The minimum Gasteiger partial charge on any atom is -0.396 e. The second kappa shape index (κ2) is 6.22. The molecule has 0 bridgehead atoms. The summed E-state index contributed by atoms with van der Waals surface area (Å²) >= 11 is 0. The van der Waals surface area contributed by atoms with E-state index in [9.17, 15) is 0 Å². The van der Waals surface area contributed by atoms with E-state index in [2.05, 4.69) is 36.7 Å². The van der Waals surface area contributed by atoms with Gasteiger partial charge in [-0.2, -0.15) is 0 Å². The lowest BCUT2D eigenvalue weighted by Crippen LogP contribution is -1.98. The zero-order chi connectivity index (χ0) is 13.8. The summed E-state index contributed by atoms with van der Waals surface area (Å²) in [6.07, 6.45) is 4.66. The first-order chi connectivity index (χ1) is 9.17. The molecule has 0 unspecified atom stereocenters. The molecule has 1 heterocycles. The van der Waals surface area contributed by atoms with Crippen molar-refractivity contribution in [2.45, 2.75) is 39.7 Å². The third-order valence-corrected chi connectivity index (χ3v) is 3.56. The van der Waals surface area contributed by atoms with E-state index in [1.807, 2.05) is 0 Å². The van der Waals surface area contributed by atoms with Gasteiger partial charge in [0, 0.05) is 36.9 Å². The lowest BCUT2D eigenvalue weighted by atomic mass is 10.0. The van der Waals surface area contributed by atoms with Gasteiger partial charge in [0.1, 0.15) is 0 Å². The highest BCUT2D eigenvalue weighted by Gasteiger charge is 2.11. The number of nitrogens with zero attached hydrogens (tertiary/aromatic N) is 1. The molecular weight excluding hydrogens is 238 g/mol. The number of aliphatic hydroxyl groups is 2. The Kier molecular flexibility index (Phi) is 4.61. The number of aryl methyl sites for hydroxylation is 4. The molecule has 2 rings (SSSR count). The van der Waals surface area contributed by atoms with Gasteiger partial charge in [-0.05, 0) is 55.9 Å². The van der Waals surface area contributed by atoms with Crippen LogP contribution in [0.15, 0.2) is 18.3 Å². The van der Waals surface area contributed by atoms with E-state index in [-0.39, 0.29) is 13.2 Å². The minimum absolute atomic E-state index is 0.219. The Hall–Kier alpha value is -1.32. The van der Waals surface area contributed by atoms with Gasteiger partial charge in [-0.25, -0.2) is 0 Å². The zero-order valence-corrected chi connectivity index (χ0v) is 11.8. The second-order valence-electron chi connectivity index (χ2n) is 5.23. The van der Waals surface area contributed by atoms with Crippen LogP contribution < -0.4 is 0 Å². The molecular formula is C16H23NO2. The summed E-state index contributed by atoms with van der Waals surface area (Å²) < 4.78 is 2.23. The topological polar surface area (TPSA) is 45.4 Å². The van der Waals surface area contributed by atoms with Gasteiger partial charge in [-0.15, -0.1) is 0 Å². The molecule has 2 aromatic rings. The molecule has 0 saturated carbocycles. The fraction of sp³-hybridized carbons (Fsp3) is 0.500. The number of rotatable bonds is 6. The average Bonchev–Trinajstić information content (AvgIpc) is 2.72. The molecule has 0 radical (unpaired) electrons. The Morgan fingerprint density at radius 1 is 1.05 bits per heavy atom. The molecule has 104 valence electrons. The molecule has 0 aliphatic rings. The number of aromatic nitrogens is 1. The molecule has 0 aliphatic heterocycles. The van der Waals surface area contributed by atoms with Gasteiger partial charge in [0.15, 0.2) is 0 Å². The fourth-order valence-electron chi connectivity index (χ4n) is 2.80. The Labute approximate surface area is 114 Å². The largest absolute Gasteiger partial charge is 0.396 e. The van der Waals surface area contributed by atoms with Crippen LogP contribution in [0.1, 0.15) is 29.5 Å². The predicted molar refractivity (Wildman–Crippen MR) is 78.5 cm³/mol. The molecule has 0 fully saturated rings. The van der Waals surface area contributed by atoms with Crippen molar-refractivity contribution in [1.29, 1.82) is 0 Å². The van der Waals surface area contributed by atoms with Crippen LogP contribution in [0.2, 0.25) is 0 Å². The van der Waals surface area contributed by atoms with E-state index in [0.29, 0.717) is 0 Å². The van der Waals surface area contributed by atoms with Crippen LogP contribution in [0, 0.1) is 13.8 Å². The molecule has 0 saturated heterocycles. The average molecular weight is 261 g/mol. The van der Waals surface area contributed by atoms with Gasteiger partial charge >= 0.3 is 0 Å². The van der Waals surface area contributed by atoms with E-state index in [0.717, 1.165) is 25.8 Å². The summed E-state index contributed by atoms with van der Waals surface area (Å²) in [5.74, 6) is 0. The SMILES string of the molecule is Cc1cc(C)c2c(CCCO)cn(CCCO)c2c1. The number of benzene rings is 1. The fourth-order valence-corrected chi connectivity index (χ4v) is 2.80. The smallest absolute Gasteiger partial charge is 0.0488 e. The van der Waals surface area contributed by atoms with Gasteiger partial charge in [0.2, 0.25) is 0 Å². The van der Waals surface area contributed by atoms with Crippen molar-refractivity contribution in [3.05, 3.63) is 35.0 Å². The predicted octanol–water partition coefficient (Wildman–Crippen LogP) is 2.57. The van der Waals surface area contributed by atoms with Crippen molar-refractivity contribution in [2.75, 3.05) is 13.2 Å². The first kappa shape index (κ1) is 14.1. The van der Waals surface area contributed by atoms with Crippen LogP contribution in [0.4, 0.5) is 0 Å². The van der Waals surface area contributed by atoms with Gasteiger partial charge < -0.3 is 14.8 Å². The summed E-state index contributed by atoms with van der Waals surface area (Å²) in [7, 11) is 0. The molecule has 0 amide bonds. The van der Waals surface area contributed by atoms with Gasteiger partial charge in [-0.1, -0.05) is 6.07 Å². The van der Waals surface area contributed by atoms with Crippen LogP contribution in [0.25, 0.3) is 10.9 Å². The van der Waals surface area contributed by atoms with Gasteiger partial charge in [0.25, 0.3) is 0 Å². The third kappa shape index (κ3) is 2.99.